The van der Waals surface area contributed by atoms with Crippen LogP contribution in [0.2, 0.25) is 0 Å². The van der Waals surface area contributed by atoms with Crippen LogP contribution in [0.25, 0.3) is 0 Å². The minimum absolute atomic E-state index is 0.921. The Balaban J connectivity index is 2.36. The van der Waals surface area contributed by atoms with Gasteiger partial charge in [0.2, 0.25) is 0 Å². The van der Waals surface area contributed by atoms with Gasteiger partial charge < -0.3 is 10.1 Å². The molecule has 0 unspecified atom stereocenters. The predicted molar refractivity (Wildman–Crippen MR) is 73.8 cm³/mol. The van der Waals surface area contributed by atoms with E-state index in [-0.39, 0.29) is 0 Å². The highest BCUT2D eigenvalue weighted by Gasteiger charge is 1.99. The van der Waals surface area contributed by atoms with E-state index in [2.05, 4.69) is 31.3 Å². The molecule has 0 bridgehead atoms. The van der Waals surface area contributed by atoms with Crippen molar-refractivity contribution >= 4 is 17.4 Å². The molecular weight excluding hydrogens is 218 g/mol. The molecule has 0 aromatic heterocycles. The number of ether oxygens (including phenoxy) is 1. The summed E-state index contributed by atoms with van der Waals surface area (Å²) in [7, 11) is 1.70. The number of aryl methyl sites for hydroxylation is 1. The molecule has 0 aliphatic carbocycles. The highest BCUT2D eigenvalue weighted by atomic mass is 32.2. The zero-order valence-corrected chi connectivity index (χ0v) is 11.2. The summed E-state index contributed by atoms with van der Waals surface area (Å²) in [6.45, 7) is 5.34. The van der Waals surface area contributed by atoms with Crippen LogP contribution in [-0.4, -0.2) is 25.2 Å². The molecule has 0 atom stereocenters. The van der Waals surface area contributed by atoms with Gasteiger partial charge in [0.15, 0.2) is 0 Å². The molecule has 1 aromatic rings. The first-order valence-corrected chi connectivity index (χ1v) is 6.89. The molecule has 16 heavy (non-hydrogen) atoms. The highest BCUT2D eigenvalue weighted by molar-refractivity contribution is 7.99. The van der Waals surface area contributed by atoms with Gasteiger partial charge in [-0.15, -0.1) is 0 Å². The van der Waals surface area contributed by atoms with Crippen molar-refractivity contribution in [1.82, 2.24) is 0 Å². The third kappa shape index (κ3) is 4.35. The number of anilines is 1. The average molecular weight is 239 g/mol. The summed E-state index contributed by atoms with van der Waals surface area (Å²) in [5.74, 6) is 3.37. The molecule has 0 aliphatic heterocycles. The van der Waals surface area contributed by atoms with Crippen LogP contribution in [0.3, 0.4) is 0 Å². The fourth-order valence-corrected chi connectivity index (χ4v) is 2.14. The van der Waals surface area contributed by atoms with Crippen molar-refractivity contribution in [1.29, 1.82) is 0 Å². The molecule has 1 N–H and O–H groups in total. The third-order valence-corrected chi connectivity index (χ3v) is 3.40. The summed E-state index contributed by atoms with van der Waals surface area (Å²) in [5, 5.41) is 3.45. The Kier molecular flexibility index (Phi) is 6.16. The van der Waals surface area contributed by atoms with Crippen LogP contribution in [0.4, 0.5) is 5.69 Å². The molecule has 0 saturated heterocycles. The van der Waals surface area contributed by atoms with E-state index in [1.807, 2.05) is 17.8 Å². The summed E-state index contributed by atoms with van der Waals surface area (Å²) >= 11 is 1.99. The Morgan fingerprint density at radius 3 is 2.81 bits per heavy atom. The highest BCUT2D eigenvalue weighted by Crippen LogP contribution is 2.20. The summed E-state index contributed by atoms with van der Waals surface area (Å²) in [6, 6.07) is 6.14. The van der Waals surface area contributed by atoms with E-state index in [4.69, 9.17) is 4.74 Å². The van der Waals surface area contributed by atoms with Gasteiger partial charge in [0, 0.05) is 12.2 Å². The maximum atomic E-state index is 5.18. The SMILES string of the molecule is CCSCCCNc1ccc(OC)cc1C. The molecule has 0 fully saturated rings. The first-order chi connectivity index (χ1) is 7.77. The monoisotopic (exact) mass is 239 g/mol. The lowest BCUT2D eigenvalue weighted by Crippen LogP contribution is -2.04. The summed E-state index contributed by atoms with van der Waals surface area (Å²) < 4.78 is 5.18. The quantitative estimate of drug-likeness (QED) is 0.735. The van der Waals surface area contributed by atoms with Crippen molar-refractivity contribution in [3.63, 3.8) is 0 Å². The van der Waals surface area contributed by atoms with Crippen molar-refractivity contribution in [3.8, 4) is 5.75 Å². The number of thioether (sulfide) groups is 1. The standard InChI is InChI=1S/C13H21NOS/c1-4-16-9-5-8-14-13-7-6-12(15-3)10-11(13)2/h6-7,10,14H,4-5,8-9H2,1-3H3. The van der Waals surface area contributed by atoms with Crippen LogP contribution in [0.5, 0.6) is 5.75 Å². The topological polar surface area (TPSA) is 21.3 Å². The van der Waals surface area contributed by atoms with Gasteiger partial charge in [-0.2, -0.15) is 11.8 Å². The Bertz CT molecular complexity index is 315. The third-order valence-electron chi connectivity index (χ3n) is 2.42. The second-order valence-corrected chi connectivity index (χ2v) is 5.05. The largest absolute Gasteiger partial charge is 0.497 e. The maximum absolute atomic E-state index is 5.18. The van der Waals surface area contributed by atoms with Gasteiger partial charge in [0.25, 0.3) is 0 Å². The van der Waals surface area contributed by atoms with E-state index in [0.717, 1.165) is 12.3 Å². The van der Waals surface area contributed by atoms with Crippen molar-refractivity contribution in [3.05, 3.63) is 23.8 Å². The lowest BCUT2D eigenvalue weighted by Gasteiger charge is -2.10. The maximum Gasteiger partial charge on any atom is 0.119 e. The van der Waals surface area contributed by atoms with E-state index < -0.39 is 0 Å². The molecule has 0 heterocycles. The van der Waals surface area contributed by atoms with Crippen LogP contribution >= 0.6 is 11.8 Å². The minimum Gasteiger partial charge on any atom is -0.497 e. The van der Waals surface area contributed by atoms with Gasteiger partial charge >= 0.3 is 0 Å². The normalized spacial score (nSPS) is 10.2. The summed E-state index contributed by atoms with van der Waals surface area (Å²) in [6.07, 6.45) is 1.21. The van der Waals surface area contributed by atoms with Crippen molar-refractivity contribution in [2.75, 3.05) is 30.5 Å². The number of nitrogens with one attached hydrogen (secondary N) is 1. The molecule has 90 valence electrons. The molecule has 0 amide bonds. The number of hydrogen-bond acceptors (Lipinski definition) is 3. The fraction of sp³-hybridized carbons (Fsp3) is 0.538. The van der Waals surface area contributed by atoms with Gasteiger partial charge in [-0.1, -0.05) is 6.92 Å². The van der Waals surface area contributed by atoms with E-state index in [1.165, 1.54) is 29.2 Å². The Morgan fingerprint density at radius 2 is 2.19 bits per heavy atom. The fourth-order valence-electron chi connectivity index (χ4n) is 1.50. The van der Waals surface area contributed by atoms with E-state index in [9.17, 15) is 0 Å². The van der Waals surface area contributed by atoms with Crippen molar-refractivity contribution < 1.29 is 4.74 Å². The number of methoxy groups -OCH3 is 1. The first-order valence-electron chi connectivity index (χ1n) is 5.74. The number of rotatable bonds is 7. The molecule has 0 aliphatic rings. The van der Waals surface area contributed by atoms with Crippen LogP contribution in [0.15, 0.2) is 18.2 Å². The first kappa shape index (κ1) is 13.2. The van der Waals surface area contributed by atoms with Gasteiger partial charge in [0.05, 0.1) is 7.11 Å². The van der Waals surface area contributed by atoms with Crippen molar-refractivity contribution in [2.45, 2.75) is 20.3 Å². The second kappa shape index (κ2) is 7.44. The zero-order valence-electron chi connectivity index (χ0n) is 10.4. The van der Waals surface area contributed by atoms with Crippen LogP contribution in [0.1, 0.15) is 18.9 Å². The van der Waals surface area contributed by atoms with Crippen LogP contribution in [-0.2, 0) is 0 Å². The smallest absolute Gasteiger partial charge is 0.119 e. The lowest BCUT2D eigenvalue weighted by atomic mass is 10.2. The number of benzene rings is 1. The average Bonchev–Trinajstić information content (AvgIpc) is 2.30. The van der Waals surface area contributed by atoms with Gasteiger partial charge in [-0.3, -0.25) is 0 Å². The predicted octanol–water partition coefficient (Wildman–Crippen LogP) is 3.56. The van der Waals surface area contributed by atoms with E-state index in [0.29, 0.717) is 0 Å². The van der Waals surface area contributed by atoms with Crippen LogP contribution in [0, 0.1) is 6.92 Å². The molecule has 1 rings (SSSR count). The molecule has 1 aromatic carbocycles. The van der Waals surface area contributed by atoms with Gasteiger partial charge in [0.1, 0.15) is 5.75 Å². The Morgan fingerprint density at radius 1 is 1.38 bits per heavy atom. The van der Waals surface area contributed by atoms with Crippen molar-refractivity contribution in [2.24, 2.45) is 0 Å². The minimum atomic E-state index is 0.921. The summed E-state index contributed by atoms with van der Waals surface area (Å²) in [4.78, 5) is 0. The Hall–Kier alpha value is -0.830. The summed E-state index contributed by atoms with van der Waals surface area (Å²) in [5.41, 5.74) is 2.45. The molecule has 0 saturated carbocycles. The van der Waals surface area contributed by atoms with Crippen LogP contribution < -0.4 is 10.1 Å². The molecule has 2 nitrogen and oxygen atoms in total. The molecular formula is C13H21NOS. The molecule has 0 spiro atoms. The van der Waals surface area contributed by atoms with E-state index in [1.54, 1.807) is 7.11 Å². The number of hydrogen-bond donors (Lipinski definition) is 1. The zero-order chi connectivity index (χ0) is 11.8. The Labute approximate surface area is 103 Å². The molecule has 0 radical (unpaired) electrons. The second-order valence-electron chi connectivity index (χ2n) is 3.66. The lowest BCUT2D eigenvalue weighted by molar-refractivity contribution is 0.414. The van der Waals surface area contributed by atoms with Gasteiger partial charge in [-0.05, 0) is 48.6 Å². The van der Waals surface area contributed by atoms with E-state index >= 15 is 0 Å². The molecule has 3 heteroatoms. The van der Waals surface area contributed by atoms with Gasteiger partial charge in [-0.25, -0.2) is 0 Å².